The molecule has 1 aromatic rings. The maximum absolute atomic E-state index is 13.1. The van der Waals surface area contributed by atoms with Crippen molar-refractivity contribution in [3.63, 3.8) is 0 Å². The molecule has 18 heavy (non-hydrogen) atoms. The van der Waals surface area contributed by atoms with Gasteiger partial charge in [0.05, 0.1) is 4.90 Å². The molecule has 0 aromatic heterocycles. The lowest BCUT2D eigenvalue weighted by molar-refractivity contribution is 0.310. The predicted molar refractivity (Wildman–Crippen MR) is 62.6 cm³/mol. The number of nitrogens with zero attached hydrogens (tertiary/aromatic N) is 1. The molecule has 0 saturated carbocycles. The minimum atomic E-state index is -3.83. The molecule has 1 heterocycles. The van der Waals surface area contributed by atoms with Gasteiger partial charge in [-0.15, -0.1) is 0 Å². The van der Waals surface area contributed by atoms with E-state index >= 15 is 0 Å². The number of benzene rings is 1. The normalized spacial score (nSPS) is 22.1. The van der Waals surface area contributed by atoms with Crippen molar-refractivity contribution in [3.05, 3.63) is 29.8 Å². The highest BCUT2D eigenvalue weighted by Crippen LogP contribution is 2.19. The van der Waals surface area contributed by atoms with Crippen LogP contribution in [0.15, 0.2) is 23.1 Å². The number of sulfonamides is 1. The van der Waals surface area contributed by atoms with Gasteiger partial charge in [0.2, 0.25) is 10.0 Å². The summed E-state index contributed by atoms with van der Waals surface area (Å²) >= 11 is 0. The Labute approximate surface area is 105 Å². The zero-order valence-electron chi connectivity index (χ0n) is 9.86. The van der Waals surface area contributed by atoms with Gasteiger partial charge in [-0.25, -0.2) is 17.2 Å². The molecule has 1 aromatic carbocycles. The zero-order valence-corrected chi connectivity index (χ0v) is 10.7. The summed E-state index contributed by atoms with van der Waals surface area (Å²) in [6.45, 7) is 2.97. The first-order valence-electron chi connectivity index (χ1n) is 5.59. The van der Waals surface area contributed by atoms with Crippen LogP contribution in [0.2, 0.25) is 0 Å². The summed E-state index contributed by atoms with van der Waals surface area (Å²) in [6, 6.07) is 2.35. The molecule has 0 bridgehead atoms. The number of hydrogen-bond donors (Lipinski definition) is 1. The standard InChI is InChI=1S/C11H14F2N2O2S/c1-8-7-15(3-2-14-8)18(16,17)11-5-9(12)4-10(13)6-11/h4-6,8,14H,2-3,7H2,1H3/t8-/m0/s1. The second kappa shape index (κ2) is 4.91. The lowest BCUT2D eigenvalue weighted by Gasteiger charge is -2.30. The minimum Gasteiger partial charge on any atom is -0.312 e. The van der Waals surface area contributed by atoms with E-state index in [-0.39, 0.29) is 10.9 Å². The molecule has 0 radical (unpaired) electrons. The van der Waals surface area contributed by atoms with Gasteiger partial charge in [-0.05, 0) is 19.1 Å². The molecule has 0 spiro atoms. The van der Waals surface area contributed by atoms with Gasteiger partial charge in [0, 0.05) is 31.7 Å². The molecule has 0 unspecified atom stereocenters. The van der Waals surface area contributed by atoms with Gasteiger partial charge in [-0.2, -0.15) is 4.31 Å². The summed E-state index contributed by atoms with van der Waals surface area (Å²) in [5, 5.41) is 3.10. The third-order valence-electron chi connectivity index (χ3n) is 2.81. The highest BCUT2D eigenvalue weighted by molar-refractivity contribution is 7.89. The largest absolute Gasteiger partial charge is 0.312 e. The molecule has 100 valence electrons. The van der Waals surface area contributed by atoms with E-state index in [0.717, 1.165) is 12.1 Å². The summed E-state index contributed by atoms with van der Waals surface area (Å²) in [5.74, 6) is -1.78. The highest BCUT2D eigenvalue weighted by atomic mass is 32.2. The number of halogens is 2. The Hall–Kier alpha value is -1.05. The molecule has 0 aliphatic carbocycles. The molecule has 2 rings (SSSR count). The van der Waals surface area contributed by atoms with Crippen molar-refractivity contribution in [3.8, 4) is 0 Å². The average Bonchev–Trinajstić information content (AvgIpc) is 2.27. The van der Waals surface area contributed by atoms with Crippen molar-refractivity contribution in [2.45, 2.75) is 17.9 Å². The van der Waals surface area contributed by atoms with E-state index in [0.29, 0.717) is 25.7 Å². The van der Waals surface area contributed by atoms with Crippen molar-refractivity contribution in [2.75, 3.05) is 19.6 Å². The zero-order chi connectivity index (χ0) is 13.3. The van der Waals surface area contributed by atoms with Crippen molar-refractivity contribution in [2.24, 2.45) is 0 Å². The van der Waals surface area contributed by atoms with E-state index in [1.165, 1.54) is 4.31 Å². The Balaban J connectivity index is 2.35. The fraction of sp³-hybridized carbons (Fsp3) is 0.455. The Morgan fingerprint density at radius 2 is 1.89 bits per heavy atom. The van der Waals surface area contributed by atoms with Gasteiger partial charge in [0.1, 0.15) is 11.6 Å². The molecule has 1 atom stereocenters. The molecule has 0 amide bonds. The van der Waals surface area contributed by atoms with Gasteiger partial charge in [-0.3, -0.25) is 0 Å². The summed E-state index contributed by atoms with van der Waals surface area (Å²) in [6.07, 6.45) is 0. The highest BCUT2D eigenvalue weighted by Gasteiger charge is 2.29. The Morgan fingerprint density at radius 3 is 2.44 bits per heavy atom. The molecule has 1 saturated heterocycles. The van der Waals surface area contributed by atoms with Crippen LogP contribution in [0, 0.1) is 11.6 Å². The monoisotopic (exact) mass is 276 g/mol. The number of nitrogens with one attached hydrogen (secondary N) is 1. The van der Waals surface area contributed by atoms with Crippen LogP contribution in [0.1, 0.15) is 6.92 Å². The fourth-order valence-electron chi connectivity index (χ4n) is 1.94. The third kappa shape index (κ3) is 2.68. The Kier molecular flexibility index (Phi) is 3.65. The summed E-state index contributed by atoms with van der Waals surface area (Å²) in [4.78, 5) is -0.339. The van der Waals surface area contributed by atoms with Crippen LogP contribution in [0.3, 0.4) is 0 Å². The lowest BCUT2D eigenvalue weighted by atomic mass is 10.3. The molecule has 7 heteroatoms. The van der Waals surface area contributed by atoms with Crippen molar-refractivity contribution in [1.82, 2.24) is 9.62 Å². The smallest absolute Gasteiger partial charge is 0.243 e. The van der Waals surface area contributed by atoms with Crippen molar-refractivity contribution >= 4 is 10.0 Å². The van der Waals surface area contributed by atoms with E-state index in [2.05, 4.69) is 5.32 Å². The van der Waals surface area contributed by atoms with E-state index < -0.39 is 21.7 Å². The summed E-state index contributed by atoms with van der Waals surface area (Å²) < 4.78 is 51.8. The maximum Gasteiger partial charge on any atom is 0.243 e. The molecule has 1 aliphatic heterocycles. The topological polar surface area (TPSA) is 49.4 Å². The van der Waals surface area contributed by atoms with Gasteiger partial charge in [0.15, 0.2) is 0 Å². The molecule has 1 aliphatic rings. The van der Waals surface area contributed by atoms with Gasteiger partial charge >= 0.3 is 0 Å². The number of hydrogen-bond acceptors (Lipinski definition) is 3. The Bertz CT molecular complexity index is 528. The van der Waals surface area contributed by atoms with E-state index in [9.17, 15) is 17.2 Å². The lowest BCUT2D eigenvalue weighted by Crippen LogP contribution is -2.51. The van der Waals surface area contributed by atoms with Crippen LogP contribution in [-0.4, -0.2) is 38.4 Å². The van der Waals surface area contributed by atoms with Gasteiger partial charge < -0.3 is 5.32 Å². The maximum atomic E-state index is 13.1. The molecular formula is C11H14F2N2O2S. The van der Waals surface area contributed by atoms with E-state index in [4.69, 9.17) is 0 Å². The van der Waals surface area contributed by atoms with E-state index in [1.54, 1.807) is 0 Å². The molecule has 1 fully saturated rings. The fourth-order valence-corrected chi connectivity index (χ4v) is 3.51. The molecule has 1 N–H and O–H groups in total. The number of piperazine rings is 1. The Morgan fingerprint density at radius 1 is 1.28 bits per heavy atom. The van der Waals surface area contributed by atoms with Crippen LogP contribution >= 0.6 is 0 Å². The quantitative estimate of drug-likeness (QED) is 0.875. The van der Waals surface area contributed by atoms with Gasteiger partial charge in [0.25, 0.3) is 0 Å². The SMILES string of the molecule is C[C@H]1CN(S(=O)(=O)c2cc(F)cc(F)c2)CCN1. The van der Waals surface area contributed by atoms with Crippen LogP contribution in [0.4, 0.5) is 8.78 Å². The van der Waals surface area contributed by atoms with Crippen LogP contribution < -0.4 is 5.32 Å². The first kappa shape index (κ1) is 13.4. The summed E-state index contributed by atoms with van der Waals surface area (Å²) in [7, 11) is -3.83. The van der Waals surface area contributed by atoms with Crippen LogP contribution in [0.25, 0.3) is 0 Å². The third-order valence-corrected chi connectivity index (χ3v) is 4.65. The van der Waals surface area contributed by atoms with Crippen molar-refractivity contribution < 1.29 is 17.2 Å². The average molecular weight is 276 g/mol. The molecular weight excluding hydrogens is 262 g/mol. The van der Waals surface area contributed by atoms with E-state index in [1.807, 2.05) is 6.92 Å². The van der Waals surface area contributed by atoms with Crippen molar-refractivity contribution in [1.29, 1.82) is 0 Å². The van der Waals surface area contributed by atoms with Crippen LogP contribution in [-0.2, 0) is 10.0 Å². The molecule has 4 nitrogen and oxygen atoms in total. The predicted octanol–water partition coefficient (Wildman–Crippen LogP) is 0.947. The first-order chi connectivity index (χ1) is 8.39. The van der Waals surface area contributed by atoms with Gasteiger partial charge in [-0.1, -0.05) is 0 Å². The first-order valence-corrected chi connectivity index (χ1v) is 7.03. The minimum absolute atomic E-state index is 0.0203. The summed E-state index contributed by atoms with van der Waals surface area (Å²) in [5.41, 5.74) is 0. The second-order valence-corrected chi connectivity index (χ2v) is 6.26. The number of rotatable bonds is 2. The van der Waals surface area contributed by atoms with Crippen LogP contribution in [0.5, 0.6) is 0 Å². The second-order valence-electron chi connectivity index (χ2n) is 4.32.